The SMILES string of the molecule is COc1cc(C)c(Cc2c(Br)c(Br)c(OC)c(OC)c2Br)c(Br)c1OC.O=C(OOC(=O)c1ccccc1)c1ccccc1. The summed E-state index contributed by atoms with van der Waals surface area (Å²) in [7, 11) is 6.48. The molecule has 0 aliphatic carbocycles. The molecule has 4 aromatic carbocycles. The Labute approximate surface area is 289 Å². The molecule has 0 saturated carbocycles. The van der Waals surface area contributed by atoms with Gasteiger partial charge in [0.05, 0.1) is 53.0 Å². The first kappa shape index (κ1) is 35.4. The van der Waals surface area contributed by atoms with Crippen molar-refractivity contribution >= 4 is 75.7 Å². The van der Waals surface area contributed by atoms with E-state index in [0.717, 1.165) is 34.6 Å². The number of benzene rings is 4. The maximum absolute atomic E-state index is 11.5. The van der Waals surface area contributed by atoms with Crippen LogP contribution in [0.2, 0.25) is 0 Å². The number of hydrogen-bond donors (Lipinski definition) is 0. The Morgan fingerprint density at radius 3 is 1.43 bits per heavy atom. The van der Waals surface area contributed by atoms with Gasteiger partial charge in [0, 0.05) is 10.9 Å². The molecule has 0 radical (unpaired) electrons. The third-order valence-electron chi connectivity index (χ3n) is 6.24. The second-order valence-corrected chi connectivity index (χ2v) is 12.0. The Morgan fingerprint density at radius 2 is 1.00 bits per heavy atom. The lowest BCUT2D eigenvalue weighted by atomic mass is 9.99. The lowest BCUT2D eigenvalue weighted by molar-refractivity contribution is -0.187. The van der Waals surface area contributed by atoms with Crippen LogP contribution in [-0.2, 0) is 16.2 Å². The van der Waals surface area contributed by atoms with Gasteiger partial charge in [-0.2, -0.15) is 0 Å². The standard InChI is InChI=1S/C18H18Br4O4.C14H10O4/c1-8-6-11(23-2)16(24-3)13(20)9(8)7-10-12(19)15(22)18(26-5)17(25-4)14(10)21;15-13(11-7-3-1-4-8-11)17-18-14(16)12-9-5-2-6-10-12/h6H,7H2,1-5H3;1-10H. The van der Waals surface area contributed by atoms with Gasteiger partial charge in [-0.15, -0.1) is 0 Å². The summed E-state index contributed by atoms with van der Waals surface area (Å²) in [6, 6.07) is 18.5. The smallest absolute Gasteiger partial charge is 0.386 e. The van der Waals surface area contributed by atoms with Crippen LogP contribution >= 0.6 is 63.7 Å². The average molecular weight is 860 g/mol. The fourth-order valence-corrected chi connectivity index (χ4v) is 6.86. The van der Waals surface area contributed by atoms with Crippen molar-refractivity contribution in [2.75, 3.05) is 28.4 Å². The van der Waals surface area contributed by atoms with Gasteiger partial charge < -0.3 is 18.9 Å². The van der Waals surface area contributed by atoms with Crippen LogP contribution in [0.15, 0.2) is 84.6 Å². The van der Waals surface area contributed by atoms with Gasteiger partial charge in [-0.25, -0.2) is 19.4 Å². The number of carbonyl (C=O) groups is 2. The molecular formula is C32H28Br4O8. The minimum atomic E-state index is -0.708. The maximum Gasteiger partial charge on any atom is 0.386 e. The Hall–Kier alpha value is -3.06. The summed E-state index contributed by atoms with van der Waals surface area (Å²) in [5.41, 5.74) is 3.82. The van der Waals surface area contributed by atoms with E-state index in [2.05, 4.69) is 73.5 Å². The molecule has 0 spiro atoms. The lowest BCUT2D eigenvalue weighted by Gasteiger charge is -2.20. The highest BCUT2D eigenvalue weighted by Crippen LogP contribution is 2.50. The first-order valence-corrected chi connectivity index (χ1v) is 16.0. The Morgan fingerprint density at radius 1 is 0.568 bits per heavy atom. The monoisotopic (exact) mass is 856 g/mol. The predicted molar refractivity (Wildman–Crippen MR) is 181 cm³/mol. The molecule has 0 unspecified atom stereocenters. The van der Waals surface area contributed by atoms with E-state index in [9.17, 15) is 9.59 Å². The number of ether oxygens (including phenoxy) is 4. The molecule has 44 heavy (non-hydrogen) atoms. The van der Waals surface area contributed by atoms with E-state index in [1.807, 2.05) is 13.0 Å². The molecule has 8 nitrogen and oxygen atoms in total. The number of halogens is 4. The molecule has 232 valence electrons. The van der Waals surface area contributed by atoms with Gasteiger partial charge in [-0.1, -0.05) is 36.4 Å². The summed E-state index contributed by atoms with van der Waals surface area (Å²) in [5, 5.41) is 0. The third kappa shape index (κ3) is 8.35. The van der Waals surface area contributed by atoms with Crippen molar-refractivity contribution < 1.29 is 38.3 Å². The van der Waals surface area contributed by atoms with Crippen LogP contribution in [0.3, 0.4) is 0 Å². The van der Waals surface area contributed by atoms with Crippen molar-refractivity contribution in [3.05, 3.63) is 112 Å². The molecule has 4 aromatic rings. The number of rotatable bonds is 8. The van der Waals surface area contributed by atoms with Crippen LogP contribution in [0.5, 0.6) is 23.0 Å². The van der Waals surface area contributed by atoms with Gasteiger partial charge in [0.25, 0.3) is 0 Å². The van der Waals surface area contributed by atoms with Crippen LogP contribution in [0.25, 0.3) is 0 Å². The molecular weight excluding hydrogens is 832 g/mol. The molecule has 0 aromatic heterocycles. The van der Waals surface area contributed by atoms with E-state index in [1.165, 1.54) is 0 Å². The second-order valence-electron chi connectivity index (χ2n) is 8.86. The Balaban J connectivity index is 0.000000257. The minimum absolute atomic E-state index is 0.318. The highest BCUT2D eigenvalue weighted by atomic mass is 79.9. The zero-order valence-electron chi connectivity index (χ0n) is 24.3. The quantitative estimate of drug-likeness (QED) is 0.0985. The number of aryl methyl sites for hydroxylation is 1. The Kier molecular flexibility index (Phi) is 13.6. The Bertz CT molecular complexity index is 1560. The normalized spacial score (nSPS) is 10.2. The third-order valence-corrected chi connectivity index (χ3v) is 10.1. The number of hydrogen-bond acceptors (Lipinski definition) is 8. The summed E-state index contributed by atoms with van der Waals surface area (Å²) >= 11 is 14.6. The molecule has 12 heteroatoms. The lowest BCUT2D eigenvalue weighted by Crippen LogP contribution is -2.11. The van der Waals surface area contributed by atoms with Crippen molar-refractivity contribution in [2.24, 2.45) is 0 Å². The van der Waals surface area contributed by atoms with Gasteiger partial charge in [0.2, 0.25) is 0 Å². The van der Waals surface area contributed by atoms with E-state index in [4.69, 9.17) is 18.9 Å². The summed E-state index contributed by atoms with van der Waals surface area (Å²) in [5.74, 6) is 1.19. The van der Waals surface area contributed by atoms with E-state index in [1.54, 1.807) is 89.1 Å². The molecule has 0 N–H and O–H groups in total. The highest BCUT2D eigenvalue weighted by Gasteiger charge is 2.24. The zero-order valence-corrected chi connectivity index (χ0v) is 30.7. The molecule has 4 rings (SSSR count). The van der Waals surface area contributed by atoms with E-state index in [0.29, 0.717) is 40.5 Å². The molecule has 0 aliphatic rings. The first-order chi connectivity index (χ1) is 21.1. The minimum Gasteiger partial charge on any atom is -0.493 e. The molecule has 0 fully saturated rings. The van der Waals surface area contributed by atoms with E-state index >= 15 is 0 Å². The van der Waals surface area contributed by atoms with Gasteiger partial charge in [-0.05, 0) is 118 Å². The molecule has 0 bridgehead atoms. The van der Waals surface area contributed by atoms with Crippen molar-refractivity contribution in [3.63, 3.8) is 0 Å². The molecule has 0 saturated heterocycles. The number of methoxy groups -OCH3 is 4. The molecule has 0 aliphatic heterocycles. The first-order valence-electron chi connectivity index (χ1n) is 12.8. The van der Waals surface area contributed by atoms with Gasteiger partial charge in [0.1, 0.15) is 0 Å². The predicted octanol–water partition coefficient (Wildman–Crippen LogP) is 9.29. The largest absolute Gasteiger partial charge is 0.493 e. The molecule has 0 atom stereocenters. The summed E-state index contributed by atoms with van der Waals surface area (Å²) in [4.78, 5) is 31.9. The summed E-state index contributed by atoms with van der Waals surface area (Å²) < 4.78 is 25.3. The molecule has 0 amide bonds. The fourth-order valence-electron chi connectivity index (χ4n) is 4.01. The van der Waals surface area contributed by atoms with Crippen LogP contribution < -0.4 is 18.9 Å². The van der Waals surface area contributed by atoms with Crippen molar-refractivity contribution in [1.29, 1.82) is 0 Å². The summed E-state index contributed by atoms with van der Waals surface area (Å²) in [6.45, 7) is 2.04. The van der Waals surface area contributed by atoms with E-state index < -0.39 is 11.9 Å². The molecule has 0 heterocycles. The number of carbonyl (C=O) groups excluding carboxylic acids is 2. The van der Waals surface area contributed by atoms with Crippen LogP contribution in [0.1, 0.15) is 37.4 Å². The van der Waals surface area contributed by atoms with Crippen molar-refractivity contribution in [1.82, 2.24) is 0 Å². The zero-order chi connectivity index (χ0) is 32.4. The van der Waals surface area contributed by atoms with E-state index in [-0.39, 0.29) is 0 Å². The van der Waals surface area contributed by atoms with Gasteiger partial charge in [-0.3, -0.25) is 0 Å². The van der Waals surface area contributed by atoms with Crippen LogP contribution in [-0.4, -0.2) is 40.4 Å². The van der Waals surface area contributed by atoms with Crippen molar-refractivity contribution in [2.45, 2.75) is 13.3 Å². The van der Waals surface area contributed by atoms with Crippen LogP contribution in [0, 0.1) is 6.92 Å². The fraction of sp³-hybridized carbons (Fsp3) is 0.188. The van der Waals surface area contributed by atoms with Crippen molar-refractivity contribution in [3.8, 4) is 23.0 Å². The maximum atomic E-state index is 11.5. The van der Waals surface area contributed by atoms with Gasteiger partial charge in [0.15, 0.2) is 23.0 Å². The summed E-state index contributed by atoms with van der Waals surface area (Å²) in [6.07, 6.45) is 0.632. The van der Waals surface area contributed by atoms with Gasteiger partial charge >= 0.3 is 11.9 Å². The topological polar surface area (TPSA) is 89.5 Å². The van der Waals surface area contributed by atoms with Crippen LogP contribution in [0.4, 0.5) is 0 Å². The second kappa shape index (κ2) is 16.9. The highest BCUT2D eigenvalue weighted by molar-refractivity contribution is 9.13. The average Bonchev–Trinajstić information content (AvgIpc) is 3.05.